The lowest BCUT2D eigenvalue weighted by molar-refractivity contribution is -0.0498. The number of hydrogen-bond donors (Lipinski definition) is 0. The fourth-order valence-electron chi connectivity index (χ4n) is 3.27. The summed E-state index contributed by atoms with van der Waals surface area (Å²) in [5.74, 6) is -0.142. The summed E-state index contributed by atoms with van der Waals surface area (Å²) in [6.45, 7) is 1.28. The number of ether oxygens (including phenoxy) is 1. The molecule has 0 aromatic heterocycles. The van der Waals surface area contributed by atoms with Crippen LogP contribution in [0.5, 0.6) is 5.75 Å². The van der Waals surface area contributed by atoms with Crippen LogP contribution in [0, 0.1) is 0 Å². The number of alkyl halides is 2. The second kappa shape index (κ2) is 6.31. The van der Waals surface area contributed by atoms with E-state index >= 15 is 0 Å². The Hall–Kier alpha value is -2.69. The van der Waals surface area contributed by atoms with E-state index in [0.717, 1.165) is 16.9 Å². The smallest absolute Gasteiger partial charge is 0.387 e. The average Bonchev–Trinajstić information content (AvgIpc) is 2.76. The van der Waals surface area contributed by atoms with Gasteiger partial charge in [0.2, 0.25) is 0 Å². The molecule has 0 unspecified atom stereocenters. The molecule has 0 saturated carbocycles. The van der Waals surface area contributed by atoms with Crippen molar-refractivity contribution in [3.63, 3.8) is 0 Å². The predicted octanol–water partition coefficient (Wildman–Crippen LogP) is 4.78. The minimum Gasteiger partial charge on any atom is -0.435 e. The molecule has 5 heteroatoms. The zero-order valence-electron chi connectivity index (χ0n) is 14.3. The van der Waals surface area contributed by atoms with E-state index in [-0.39, 0.29) is 16.9 Å². The van der Waals surface area contributed by atoms with E-state index in [4.69, 9.17) is 0 Å². The van der Waals surface area contributed by atoms with Crippen molar-refractivity contribution in [2.45, 2.75) is 25.9 Å². The Morgan fingerprint density at radius 1 is 1.12 bits per heavy atom. The van der Waals surface area contributed by atoms with E-state index in [1.54, 1.807) is 6.08 Å². The quantitative estimate of drug-likeness (QED) is 0.591. The second-order valence-corrected chi connectivity index (χ2v) is 6.50. The SMILES string of the molecule is CN1/C(=C\C(=O)c2ccc(OC(F)F)cc2)C(C)(C)c2ccccc21. The first kappa shape index (κ1) is 17.1. The van der Waals surface area contributed by atoms with Crippen molar-refractivity contribution in [3.05, 3.63) is 71.4 Å². The van der Waals surface area contributed by atoms with Crippen LogP contribution in [-0.4, -0.2) is 19.4 Å². The molecule has 25 heavy (non-hydrogen) atoms. The lowest BCUT2D eigenvalue weighted by atomic mass is 9.83. The molecule has 0 amide bonds. The van der Waals surface area contributed by atoms with Gasteiger partial charge in [-0.2, -0.15) is 8.78 Å². The number of hydrogen-bond acceptors (Lipinski definition) is 3. The number of para-hydroxylation sites is 1. The summed E-state index contributed by atoms with van der Waals surface area (Å²) in [5, 5.41) is 0. The highest BCUT2D eigenvalue weighted by molar-refractivity contribution is 6.05. The number of halogens is 2. The maximum atomic E-state index is 12.6. The van der Waals surface area contributed by atoms with E-state index in [2.05, 4.69) is 24.7 Å². The number of carbonyl (C=O) groups is 1. The molecule has 0 saturated heterocycles. The number of benzene rings is 2. The van der Waals surface area contributed by atoms with Crippen LogP contribution in [0.15, 0.2) is 60.3 Å². The van der Waals surface area contributed by atoms with Crippen molar-refractivity contribution in [1.82, 2.24) is 0 Å². The van der Waals surface area contributed by atoms with Gasteiger partial charge in [-0.3, -0.25) is 4.79 Å². The van der Waals surface area contributed by atoms with E-state index in [1.807, 2.05) is 30.1 Å². The molecule has 0 bridgehead atoms. The fourth-order valence-corrected chi connectivity index (χ4v) is 3.27. The molecule has 1 aliphatic heterocycles. The van der Waals surface area contributed by atoms with Gasteiger partial charge in [0.05, 0.1) is 0 Å². The predicted molar refractivity (Wildman–Crippen MR) is 93.4 cm³/mol. The van der Waals surface area contributed by atoms with Gasteiger partial charge in [-0.05, 0) is 35.9 Å². The number of anilines is 1. The fraction of sp³-hybridized carbons (Fsp3) is 0.250. The summed E-state index contributed by atoms with van der Waals surface area (Å²) in [6.07, 6.45) is 1.61. The third-order valence-corrected chi connectivity index (χ3v) is 4.57. The summed E-state index contributed by atoms with van der Waals surface area (Å²) in [5.41, 5.74) is 3.27. The summed E-state index contributed by atoms with van der Waals surface area (Å²) in [7, 11) is 1.94. The van der Waals surface area contributed by atoms with E-state index in [9.17, 15) is 13.6 Å². The van der Waals surface area contributed by atoms with Gasteiger partial charge >= 0.3 is 6.61 Å². The largest absolute Gasteiger partial charge is 0.435 e. The second-order valence-electron chi connectivity index (χ2n) is 6.50. The Kier molecular flexibility index (Phi) is 4.33. The molecule has 1 heterocycles. The molecule has 0 fully saturated rings. The Morgan fingerprint density at radius 3 is 2.36 bits per heavy atom. The van der Waals surface area contributed by atoms with Crippen LogP contribution in [0.2, 0.25) is 0 Å². The van der Waals surface area contributed by atoms with E-state index in [0.29, 0.717) is 5.56 Å². The van der Waals surface area contributed by atoms with Gasteiger partial charge in [0.1, 0.15) is 5.75 Å². The number of carbonyl (C=O) groups excluding carboxylic acids is 1. The number of nitrogens with zero attached hydrogens (tertiary/aromatic N) is 1. The van der Waals surface area contributed by atoms with Gasteiger partial charge in [0, 0.05) is 35.5 Å². The highest BCUT2D eigenvalue weighted by Gasteiger charge is 2.38. The molecule has 0 atom stereocenters. The van der Waals surface area contributed by atoms with Crippen molar-refractivity contribution >= 4 is 11.5 Å². The van der Waals surface area contributed by atoms with Crippen molar-refractivity contribution in [2.75, 3.05) is 11.9 Å². The van der Waals surface area contributed by atoms with Gasteiger partial charge in [-0.25, -0.2) is 0 Å². The number of ketones is 1. The molecule has 0 radical (unpaired) electrons. The highest BCUT2D eigenvalue weighted by Crippen LogP contribution is 2.46. The van der Waals surface area contributed by atoms with Crippen LogP contribution in [-0.2, 0) is 5.41 Å². The van der Waals surface area contributed by atoms with Crippen LogP contribution in [0.4, 0.5) is 14.5 Å². The third kappa shape index (κ3) is 3.14. The topological polar surface area (TPSA) is 29.5 Å². The molecule has 3 nitrogen and oxygen atoms in total. The number of likely N-dealkylation sites (N-methyl/N-ethyl adjacent to an activating group) is 1. The van der Waals surface area contributed by atoms with Crippen LogP contribution in [0.25, 0.3) is 0 Å². The lowest BCUT2D eigenvalue weighted by Gasteiger charge is -2.24. The van der Waals surface area contributed by atoms with Crippen LogP contribution >= 0.6 is 0 Å². The highest BCUT2D eigenvalue weighted by atomic mass is 19.3. The molecule has 130 valence electrons. The first-order valence-electron chi connectivity index (χ1n) is 7.95. The molecular formula is C20H19F2NO2. The standard InChI is InChI=1S/C20H19F2NO2/c1-20(2)15-6-4-5-7-16(15)23(3)18(20)12-17(24)13-8-10-14(11-9-13)25-19(21)22/h4-12,19H,1-3H3/b18-12-. The van der Waals surface area contributed by atoms with Crippen LogP contribution in [0.1, 0.15) is 29.8 Å². The van der Waals surface area contributed by atoms with Gasteiger partial charge in [-0.1, -0.05) is 32.0 Å². The van der Waals surface area contributed by atoms with Crippen molar-refractivity contribution in [3.8, 4) is 5.75 Å². The Bertz CT molecular complexity index is 826. The van der Waals surface area contributed by atoms with Gasteiger partial charge in [-0.15, -0.1) is 0 Å². The van der Waals surface area contributed by atoms with Crippen molar-refractivity contribution in [1.29, 1.82) is 0 Å². The first-order chi connectivity index (χ1) is 11.8. The maximum absolute atomic E-state index is 12.6. The Labute approximate surface area is 145 Å². The monoisotopic (exact) mass is 343 g/mol. The molecule has 0 N–H and O–H groups in total. The minimum atomic E-state index is -2.88. The zero-order valence-corrected chi connectivity index (χ0v) is 14.3. The number of allylic oxidation sites excluding steroid dienone is 2. The summed E-state index contributed by atoms with van der Waals surface area (Å²) in [6, 6.07) is 13.8. The minimum absolute atomic E-state index is 0.0323. The lowest BCUT2D eigenvalue weighted by Crippen LogP contribution is -2.24. The summed E-state index contributed by atoms with van der Waals surface area (Å²) < 4.78 is 28.7. The van der Waals surface area contributed by atoms with Crippen molar-refractivity contribution < 1.29 is 18.3 Å². The van der Waals surface area contributed by atoms with Crippen LogP contribution in [0.3, 0.4) is 0 Å². The Morgan fingerprint density at radius 2 is 1.76 bits per heavy atom. The molecule has 1 aliphatic rings. The van der Waals surface area contributed by atoms with Crippen LogP contribution < -0.4 is 9.64 Å². The zero-order chi connectivity index (χ0) is 18.2. The third-order valence-electron chi connectivity index (χ3n) is 4.57. The van der Waals surface area contributed by atoms with E-state index in [1.165, 1.54) is 24.3 Å². The summed E-state index contributed by atoms with van der Waals surface area (Å²) in [4.78, 5) is 14.6. The van der Waals surface area contributed by atoms with Gasteiger partial charge < -0.3 is 9.64 Å². The molecule has 2 aromatic carbocycles. The molecule has 2 aromatic rings. The van der Waals surface area contributed by atoms with Gasteiger partial charge in [0.15, 0.2) is 5.78 Å². The molecular weight excluding hydrogens is 324 g/mol. The maximum Gasteiger partial charge on any atom is 0.387 e. The first-order valence-corrected chi connectivity index (χ1v) is 7.95. The Balaban J connectivity index is 1.89. The normalized spacial score (nSPS) is 17.0. The average molecular weight is 343 g/mol. The molecule has 0 aliphatic carbocycles. The number of rotatable bonds is 4. The van der Waals surface area contributed by atoms with E-state index < -0.39 is 6.61 Å². The summed E-state index contributed by atoms with van der Waals surface area (Å²) >= 11 is 0. The molecule has 0 spiro atoms. The number of fused-ring (bicyclic) bond motifs is 1. The van der Waals surface area contributed by atoms with Gasteiger partial charge in [0.25, 0.3) is 0 Å². The van der Waals surface area contributed by atoms with Crippen molar-refractivity contribution in [2.24, 2.45) is 0 Å². The molecule has 3 rings (SSSR count).